The van der Waals surface area contributed by atoms with Crippen LogP contribution >= 0.6 is 0 Å². The molecular formula is C17H26NO3+. The second-order valence-corrected chi connectivity index (χ2v) is 6.16. The number of ether oxygens (including phenoxy) is 1. The predicted molar refractivity (Wildman–Crippen MR) is 79.8 cm³/mol. The standard InChI is InChI=1S/C17H26NO3/c1-4-20-18-13-9-8-12-15(18)16(19)21-17(2,3)14-10-6-5-7-11-14/h8-9,12-14H,4-7,10-11H2,1-3H3/q+1. The summed E-state index contributed by atoms with van der Waals surface area (Å²) < 4.78 is 7.30. The number of rotatable bonds is 5. The number of hydrogen-bond acceptors (Lipinski definition) is 3. The van der Waals surface area contributed by atoms with Gasteiger partial charge in [-0.3, -0.25) is 4.84 Å². The van der Waals surface area contributed by atoms with Gasteiger partial charge in [0.05, 0.1) is 0 Å². The Bertz CT molecular complexity index is 479. The Morgan fingerprint density at radius 1 is 1.29 bits per heavy atom. The van der Waals surface area contributed by atoms with Crippen LogP contribution in [-0.2, 0) is 4.74 Å². The minimum absolute atomic E-state index is 0.320. The molecule has 0 amide bonds. The average Bonchev–Trinajstić information content (AvgIpc) is 2.48. The third-order valence-corrected chi connectivity index (χ3v) is 4.25. The van der Waals surface area contributed by atoms with Crippen molar-refractivity contribution in [1.29, 1.82) is 0 Å². The van der Waals surface area contributed by atoms with Gasteiger partial charge in [-0.2, -0.15) is 0 Å². The van der Waals surface area contributed by atoms with Gasteiger partial charge in [-0.15, -0.1) is 0 Å². The zero-order valence-corrected chi connectivity index (χ0v) is 13.3. The fraction of sp³-hybridized carbons (Fsp3) is 0.647. The molecule has 0 radical (unpaired) electrons. The number of esters is 1. The molecule has 0 bridgehead atoms. The van der Waals surface area contributed by atoms with Crippen LogP contribution in [0.5, 0.6) is 0 Å². The molecule has 0 spiro atoms. The fourth-order valence-corrected chi connectivity index (χ4v) is 3.01. The first-order valence-electron chi connectivity index (χ1n) is 7.92. The van der Waals surface area contributed by atoms with Gasteiger partial charge in [0, 0.05) is 16.9 Å². The summed E-state index contributed by atoms with van der Waals surface area (Å²) >= 11 is 0. The fourth-order valence-electron chi connectivity index (χ4n) is 3.01. The van der Waals surface area contributed by atoms with E-state index in [0.29, 0.717) is 18.2 Å². The first-order valence-corrected chi connectivity index (χ1v) is 7.92. The maximum atomic E-state index is 12.5. The Morgan fingerprint density at radius 2 is 2.00 bits per heavy atom. The van der Waals surface area contributed by atoms with Gasteiger partial charge in [0.15, 0.2) is 6.61 Å². The minimum Gasteiger partial charge on any atom is -0.451 e. The summed E-state index contributed by atoms with van der Waals surface area (Å²) in [6.45, 7) is 6.44. The second kappa shape index (κ2) is 6.92. The van der Waals surface area contributed by atoms with Crippen LogP contribution in [0.3, 0.4) is 0 Å². The Labute approximate surface area is 127 Å². The van der Waals surface area contributed by atoms with Gasteiger partial charge in [0.25, 0.3) is 0 Å². The van der Waals surface area contributed by atoms with E-state index in [1.54, 1.807) is 12.3 Å². The van der Waals surface area contributed by atoms with Gasteiger partial charge in [0.1, 0.15) is 5.60 Å². The van der Waals surface area contributed by atoms with E-state index in [9.17, 15) is 4.79 Å². The van der Waals surface area contributed by atoms with Crippen LogP contribution in [0.25, 0.3) is 0 Å². The Morgan fingerprint density at radius 3 is 2.67 bits per heavy atom. The molecule has 4 heteroatoms. The average molecular weight is 292 g/mol. The van der Waals surface area contributed by atoms with Crippen molar-refractivity contribution in [2.45, 2.75) is 58.5 Å². The molecule has 0 N–H and O–H groups in total. The highest BCUT2D eigenvalue weighted by Gasteiger charge is 2.36. The van der Waals surface area contributed by atoms with Crippen molar-refractivity contribution < 1.29 is 19.1 Å². The molecular weight excluding hydrogens is 266 g/mol. The number of hydrogen-bond donors (Lipinski definition) is 0. The highest BCUT2D eigenvalue weighted by molar-refractivity contribution is 5.85. The zero-order chi connectivity index (χ0) is 15.3. The topological polar surface area (TPSA) is 39.4 Å². The smallest absolute Gasteiger partial charge is 0.409 e. The van der Waals surface area contributed by atoms with Gasteiger partial charge in [0.2, 0.25) is 6.20 Å². The van der Waals surface area contributed by atoms with E-state index in [1.807, 2.05) is 32.9 Å². The van der Waals surface area contributed by atoms with Gasteiger partial charge >= 0.3 is 11.7 Å². The van der Waals surface area contributed by atoms with Gasteiger partial charge < -0.3 is 4.74 Å². The summed E-state index contributed by atoms with van der Waals surface area (Å²) in [6, 6.07) is 5.38. The van der Waals surface area contributed by atoms with E-state index >= 15 is 0 Å². The molecule has 1 heterocycles. The van der Waals surface area contributed by atoms with Crippen LogP contribution in [0, 0.1) is 5.92 Å². The molecule has 21 heavy (non-hydrogen) atoms. The lowest BCUT2D eigenvalue weighted by molar-refractivity contribution is -0.892. The SMILES string of the molecule is CCO[n+]1ccccc1C(=O)OC(C)(C)C1CCCCC1. The summed E-state index contributed by atoms with van der Waals surface area (Å²) in [6.07, 6.45) is 7.77. The summed E-state index contributed by atoms with van der Waals surface area (Å²) in [7, 11) is 0. The molecule has 0 unspecified atom stereocenters. The molecule has 1 saturated carbocycles. The van der Waals surface area contributed by atoms with E-state index in [2.05, 4.69) is 0 Å². The summed E-state index contributed by atoms with van der Waals surface area (Å²) in [4.78, 5) is 17.9. The Hall–Kier alpha value is -1.58. The van der Waals surface area contributed by atoms with Crippen molar-refractivity contribution in [2.24, 2.45) is 5.92 Å². The highest BCUT2D eigenvalue weighted by Crippen LogP contribution is 2.35. The Balaban J connectivity index is 2.09. The van der Waals surface area contributed by atoms with E-state index in [0.717, 1.165) is 12.8 Å². The molecule has 1 aliphatic rings. The van der Waals surface area contributed by atoms with Crippen molar-refractivity contribution in [1.82, 2.24) is 0 Å². The number of carbonyl (C=O) groups excluding carboxylic acids is 1. The van der Waals surface area contributed by atoms with Crippen LogP contribution in [0.2, 0.25) is 0 Å². The van der Waals surface area contributed by atoms with Crippen molar-refractivity contribution >= 4 is 5.97 Å². The molecule has 1 fully saturated rings. The molecule has 1 aromatic rings. The van der Waals surface area contributed by atoms with E-state index in [4.69, 9.17) is 9.57 Å². The summed E-state index contributed by atoms with van der Waals surface area (Å²) in [5.41, 5.74) is 0.000405. The number of pyridine rings is 1. The lowest BCUT2D eigenvalue weighted by atomic mass is 9.79. The molecule has 0 atom stereocenters. The van der Waals surface area contributed by atoms with E-state index in [1.165, 1.54) is 24.0 Å². The van der Waals surface area contributed by atoms with Crippen molar-refractivity contribution in [2.75, 3.05) is 6.61 Å². The molecule has 0 aliphatic heterocycles. The van der Waals surface area contributed by atoms with E-state index < -0.39 is 5.60 Å². The molecule has 116 valence electrons. The van der Waals surface area contributed by atoms with Crippen LogP contribution in [-0.4, -0.2) is 18.2 Å². The second-order valence-electron chi connectivity index (χ2n) is 6.16. The lowest BCUT2D eigenvalue weighted by Crippen LogP contribution is -2.49. The summed E-state index contributed by atoms with van der Waals surface area (Å²) in [5.74, 6) is 0.124. The first kappa shape index (κ1) is 15.8. The predicted octanol–water partition coefficient (Wildman–Crippen LogP) is 2.94. The van der Waals surface area contributed by atoms with Gasteiger partial charge in [-0.1, -0.05) is 19.3 Å². The molecule has 0 saturated heterocycles. The van der Waals surface area contributed by atoms with Crippen molar-refractivity contribution in [3.05, 3.63) is 30.1 Å². The first-order chi connectivity index (χ1) is 10.0. The maximum Gasteiger partial charge on any atom is 0.409 e. The third-order valence-electron chi connectivity index (χ3n) is 4.25. The maximum absolute atomic E-state index is 12.5. The zero-order valence-electron chi connectivity index (χ0n) is 13.3. The Kier molecular flexibility index (Phi) is 5.21. The largest absolute Gasteiger partial charge is 0.451 e. The van der Waals surface area contributed by atoms with Crippen molar-refractivity contribution in [3.8, 4) is 0 Å². The molecule has 4 nitrogen and oxygen atoms in total. The normalized spacial score (nSPS) is 16.5. The van der Waals surface area contributed by atoms with Crippen LogP contribution < -0.4 is 9.57 Å². The minimum atomic E-state index is -0.433. The van der Waals surface area contributed by atoms with Crippen LogP contribution in [0.15, 0.2) is 24.4 Å². The molecule has 0 aromatic carbocycles. The number of nitrogens with zero attached hydrogens (tertiary/aromatic N) is 1. The summed E-state index contributed by atoms with van der Waals surface area (Å²) in [5, 5.41) is 0. The lowest BCUT2D eigenvalue weighted by Gasteiger charge is -2.35. The monoisotopic (exact) mass is 292 g/mol. The van der Waals surface area contributed by atoms with Crippen LogP contribution in [0.4, 0.5) is 0 Å². The quantitative estimate of drug-likeness (QED) is 0.619. The molecule has 1 aliphatic carbocycles. The van der Waals surface area contributed by atoms with Crippen LogP contribution in [0.1, 0.15) is 63.4 Å². The molecule has 1 aromatic heterocycles. The van der Waals surface area contributed by atoms with E-state index in [-0.39, 0.29) is 5.97 Å². The van der Waals surface area contributed by atoms with Gasteiger partial charge in [-0.05, 0) is 45.6 Å². The third kappa shape index (κ3) is 3.96. The highest BCUT2D eigenvalue weighted by atomic mass is 16.7. The van der Waals surface area contributed by atoms with Gasteiger partial charge in [-0.25, -0.2) is 4.79 Å². The number of carbonyl (C=O) groups is 1. The molecule has 2 rings (SSSR count). The number of aromatic nitrogens is 1. The van der Waals surface area contributed by atoms with Crippen molar-refractivity contribution in [3.63, 3.8) is 0 Å².